The number of likely N-dealkylation sites (N-methyl/N-ethyl adjacent to an activating group) is 1. The smallest absolute Gasteiger partial charge is 0.0681 e. The lowest BCUT2D eigenvalue weighted by Gasteiger charge is -2.29. The third kappa shape index (κ3) is 3.67. The minimum atomic E-state index is 0.248. The predicted octanol–water partition coefficient (Wildman–Crippen LogP) is -0.155. The molecule has 1 N–H and O–H groups in total. The Labute approximate surface area is 87.5 Å². The van der Waals surface area contributed by atoms with Crippen LogP contribution in [0.1, 0.15) is 6.92 Å². The van der Waals surface area contributed by atoms with Crippen LogP contribution < -0.4 is 5.32 Å². The highest BCUT2D eigenvalue weighted by Crippen LogP contribution is 1.96. The van der Waals surface area contributed by atoms with Crippen LogP contribution >= 0.6 is 0 Å². The SMILES string of the molecule is C#CC(C)N(C)CCN1CCNCC1. The maximum atomic E-state index is 5.37. The van der Waals surface area contributed by atoms with Gasteiger partial charge >= 0.3 is 0 Å². The molecule has 0 aliphatic carbocycles. The Balaban J connectivity index is 2.16. The Morgan fingerprint density at radius 3 is 2.71 bits per heavy atom. The van der Waals surface area contributed by atoms with Gasteiger partial charge in [-0.15, -0.1) is 6.42 Å². The Bertz CT molecular complexity index is 191. The van der Waals surface area contributed by atoms with E-state index in [1.165, 1.54) is 0 Å². The largest absolute Gasteiger partial charge is 0.314 e. The van der Waals surface area contributed by atoms with Crippen LogP contribution in [0.25, 0.3) is 0 Å². The summed E-state index contributed by atoms with van der Waals surface area (Å²) in [7, 11) is 2.09. The third-order valence-electron chi connectivity index (χ3n) is 2.88. The molecule has 0 aromatic carbocycles. The summed E-state index contributed by atoms with van der Waals surface area (Å²) < 4.78 is 0. The van der Waals surface area contributed by atoms with Crippen LogP contribution in [0.15, 0.2) is 0 Å². The van der Waals surface area contributed by atoms with Crippen LogP contribution in [0.4, 0.5) is 0 Å². The molecule has 0 aromatic heterocycles. The quantitative estimate of drug-likeness (QED) is 0.629. The summed E-state index contributed by atoms with van der Waals surface area (Å²) in [6, 6.07) is 0.248. The molecule has 1 aliphatic heterocycles. The average molecular weight is 195 g/mol. The van der Waals surface area contributed by atoms with Gasteiger partial charge in [0.2, 0.25) is 0 Å². The molecule has 1 saturated heterocycles. The Hall–Kier alpha value is -0.560. The molecule has 1 heterocycles. The molecule has 0 aromatic rings. The van der Waals surface area contributed by atoms with Crippen molar-refractivity contribution in [2.75, 3.05) is 46.3 Å². The second kappa shape index (κ2) is 6.02. The summed E-state index contributed by atoms with van der Waals surface area (Å²) in [5.41, 5.74) is 0. The number of hydrogen-bond donors (Lipinski definition) is 1. The molecule has 1 rings (SSSR count). The molecule has 0 amide bonds. The summed E-state index contributed by atoms with van der Waals surface area (Å²) >= 11 is 0. The second-order valence-electron chi connectivity index (χ2n) is 3.91. The van der Waals surface area contributed by atoms with Crippen LogP contribution in [0, 0.1) is 12.3 Å². The van der Waals surface area contributed by atoms with Crippen molar-refractivity contribution in [1.29, 1.82) is 0 Å². The number of nitrogens with zero attached hydrogens (tertiary/aromatic N) is 2. The van der Waals surface area contributed by atoms with E-state index < -0.39 is 0 Å². The lowest BCUT2D eigenvalue weighted by Crippen LogP contribution is -2.46. The Morgan fingerprint density at radius 2 is 2.14 bits per heavy atom. The van der Waals surface area contributed by atoms with Gasteiger partial charge in [0.25, 0.3) is 0 Å². The predicted molar refractivity (Wildman–Crippen MR) is 60.2 cm³/mol. The lowest BCUT2D eigenvalue weighted by molar-refractivity contribution is 0.197. The second-order valence-corrected chi connectivity index (χ2v) is 3.91. The van der Waals surface area contributed by atoms with Crippen molar-refractivity contribution in [1.82, 2.24) is 15.1 Å². The molecule has 14 heavy (non-hydrogen) atoms. The molecule has 3 heteroatoms. The molecular formula is C11H21N3. The minimum Gasteiger partial charge on any atom is -0.314 e. The van der Waals surface area contributed by atoms with Crippen molar-refractivity contribution < 1.29 is 0 Å². The fraction of sp³-hybridized carbons (Fsp3) is 0.818. The zero-order valence-electron chi connectivity index (χ0n) is 9.29. The molecule has 0 saturated carbocycles. The summed E-state index contributed by atoms with van der Waals surface area (Å²) in [4.78, 5) is 4.71. The van der Waals surface area contributed by atoms with Crippen LogP contribution in [-0.4, -0.2) is 62.2 Å². The first-order chi connectivity index (χ1) is 6.74. The fourth-order valence-electron chi connectivity index (χ4n) is 1.55. The van der Waals surface area contributed by atoms with E-state index in [0.29, 0.717) is 0 Å². The first-order valence-electron chi connectivity index (χ1n) is 5.33. The maximum Gasteiger partial charge on any atom is 0.0681 e. The van der Waals surface area contributed by atoms with Crippen molar-refractivity contribution in [3.63, 3.8) is 0 Å². The van der Waals surface area contributed by atoms with Gasteiger partial charge in [-0.3, -0.25) is 9.80 Å². The van der Waals surface area contributed by atoms with Crippen molar-refractivity contribution >= 4 is 0 Å². The van der Waals surface area contributed by atoms with Gasteiger partial charge in [0.1, 0.15) is 0 Å². The van der Waals surface area contributed by atoms with Crippen LogP contribution in [0.2, 0.25) is 0 Å². The van der Waals surface area contributed by atoms with Gasteiger partial charge in [-0.05, 0) is 14.0 Å². The van der Waals surface area contributed by atoms with Crippen LogP contribution in [-0.2, 0) is 0 Å². The molecule has 1 aliphatic rings. The van der Waals surface area contributed by atoms with Crippen molar-refractivity contribution in [3.8, 4) is 12.3 Å². The van der Waals surface area contributed by atoms with Crippen molar-refractivity contribution in [3.05, 3.63) is 0 Å². The van der Waals surface area contributed by atoms with E-state index in [9.17, 15) is 0 Å². The molecule has 0 spiro atoms. The average Bonchev–Trinajstić information content (AvgIpc) is 2.26. The molecule has 80 valence electrons. The van der Waals surface area contributed by atoms with E-state index >= 15 is 0 Å². The number of rotatable bonds is 4. The zero-order chi connectivity index (χ0) is 10.4. The summed E-state index contributed by atoms with van der Waals surface area (Å²) in [6.45, 7) is 8.83. The van der Waals surface area contributed by atoms with Gasteiger partial charge < -0.3 is 5.32 Å². The summed E-state index contributed by atoms with van der Waals surface area (Å²) in [5.74, 6) is 2.75. The van der Waals surface area contributed by atoms with Gasteiger partial charge in [-0.2, -0.15) is 0 Å². The lowest BCUT2D eigenvalue weighted by atomic mass is 10.3. The minimum absolute atomic E-state index is 0.248. The van der Waals surface area contributed by atoms with Gasteiger partial charge in [0.15, 0.2) is 0 Å². The third-order valence-corrected chi connectivity index (χ3v) is 2.88. The molecule has 3 nitrogen and oxygen atoms in total. The van der Waals surface area contributed by atoms with Crippen molar-refractivity contribution in [2.45, 2.75) is 13.0 Å². The van der Waals surface area contributed by atoms with E-state index in [1.807, 2.05) is 0 Å². The number of terminal acetylenes is 1. The summed E-state index contributed by atoms with van der Waals surface area (Å²) in [6.07, 6.45) is 5.37. The normalized spacial score (nSPS) is 20.7. The molecule has 1 unspecified atom stereocenters. The van der Waals surface area contributed by atoms with Crippen molar-refractivity contribution in [2.24, 2.45) is 0 Å². The molecule has 1 atom stereocenters. The van der Waals surface area contributed by atoms with E-state index in [-0.39, 0.29) is 6.04 Å². The molecular weight excluding hydrogens is 174 g/mol. The Kier molecular flexibility index (Phi) is 4.95. The molecule has 0 bridgehead atoms. The fourth-order valence-corrected chi connectivity index (χ4v) is 1.55. The standard InChI is InChI=1S/C11H21N3/c1-4-11(2)13(3)9-10-14-7-5-12-6-8-14/h1,11-12H,5-10H2,2-3H3. The number of piperazine rings is 1. The van der Waals surface area contributed by atoms with Gasteiger partial charge in [-0.25, -0.2) is 0 Å². The molecule has 0 radical (unpaired) electrons. The van der Waals surface area contributed by atoms with Gasteiger partial charge in [-0.1, -0.05) is 5.92 Å². The highest BCUT2D eigenvalue weighted by molar-refractivity contribution is 4.96. The van der Waals surface area contributed by atoms with E-state index in [1.54, 1.807) is 0 Å². The topological polar surface area (TPSA) is 18.5 Å². The molecule has 1 fully saturated rings. The monoisotopic (exact) mass is 195 g/mol. The highest BCUT2D eigenvalue weighted by Gasteiger charge is 2.11. The first kappa shape index (κ1) is 11.5. The number of nitrogens with one attached hydrogen (secondary N) is 1. The Morgan fingerprint density at radius 1 is 1.50 bits per heavy atom. The van der Waals surface area contributed by atoms with E-state index in [4.69, 9.17) is 6.42 Å². The van der Waals surface area contributed by atoms with E-state index in [0.717, 1.165) is 39.3 Å². The highest BCUT2D eigenvalue weighted by atomic mass is 15.2. The van der Waals surface area contributed by atoms with E-state index in [2.05, 4.69) is 35.0 Å². The summed E-state index contributed by atoms with van der Waals surface area (Å²) in [5, 5.41) is 3.35. The number of hydrogen-bond acceptors (Lipinski definition) is 3. The maximum absolute atomic E-state index is 5.37. The van der Waals surface area contributed by atoms with Crippen LogP contribution in [0.3, 0.4) is 0 Å². The van der Waals surface area contributed by atoms with Gasteiger partial charge in [0.05, 0.1) is 6.04 Å². The van der Waals surface area contributed by atoms with Gasteiger partial charge in [0, 0.05) is 39.3 Å². The first-order valence-corrected chi connectivity index (χ1v) is 5.33. The zero-order valence-corrected chi connectivity index (χ0v) is 9.29. The van der Waals surface area contributed by atoms with Crippen LogP contribution in [0.5, 0.6) is 0 Å².